The summed E-state index contributed by atoms with van der Waals surface area (Å²) in [6.45, 7) is 12.9. The maximum Gasteiger partial charge on any atom is 0.251 e. The summed E-state index contributed by atoms with van der Waals surface area (Å²) in [4.78, 5) is 23.1. The summed E-state index contributed by atoms with van der Waals surface area (Å²) < 4.78 is 0. The molecule has 1 amide bonds. The first-order valence-electron chi connectivity index (χ1n) is 9.50. The van der Waals surface area contributed by atoms with Gasteiger partial charge in [-0.15, -0.1) is 13.2 Å². The molecule has 0 aliphatic carbocycles. The fourth-order valence-electron chi connectivity index (χ4n) is 2.49. The molecule has 154 valence electrons. The summed E-state index contributed by atoms with van der Waals surface area (Å²) >= 11 is 7.70. The van der Waals surface area contributed by atoms with Gasteiger partial charge in [-0.05, 0) is 31.0 Å². The van der Waals surface area contributed by atoms with Crippen molar-refractivity contribution in [2.75, 3.05) is 18.0 Å². The van der Waals surface area contributed by atoms with Crippen LogP contribution in [0, 0.1) is 0 Å². The number of thioether (sulfide) groups is 1. The molecule has 0 fully saturated rings. The second-order valence-electron chi connectivity index (χ2n) is 6.58. The Morgan fingerprint density at radius 3 is 2.48 bits per heavy atom. The highest BCUT2D eigenvalue weighted by Crippen LogP contribution is 2.25. The molecular weight excluding hydrogens is 404 g/mol. The second kappa shape index (κ2) is 11.6. The lowest BCUT2D eigenvalue weighted by Gasteiger charge is -2.20. The highest BCUT2D eigenvalue weighted by Gasteiger charge is 2.11. The van der Waals surface area contributed by atoms with E-state index >= 15 is 0 Å². The molecule has 1 heterocycles. The minimum absolute atomic E-state index is 0.0501. The van der Waals surface area contributed by atoms with Crippen LogP contribution in [-0.2, 0) is 5.75 Å². The molecular formula is C22H27ClN4OS. The van der Waals surface area contributed by atoms with Gasteiger partial charge < -0.3 is 10.2 Å². The van der Waals surface area contributed by atoms with E-state index in [4.69, 9.17) is 11.6 Å². The zero-order valence-electron chi connectivity index (χ0n) is 16.9. The Morgan fingerprint density at radius 1 is 1.24 bits per heavy atom. The highest BCUT2D eigenvalue weighted by molar-refractivity contribution is 7.98. The van der Waals surface area contributed by atoms with Crippen LogP contribution in [0.3, 0.4) is 0 Å². The maximum atomic E-state index is 12.2. The van der Waals surface area contributed by atoms with E-state index in [1.54, 1.807) is 6.07 Å². The van der Waals surface area contributed by atoms with Crippen molar-refractivity contribution in [3.8, 4) is 0 Å². The summed E-state index contributed by atoms with van der Waals surface area (Å²) in [7, 11) is 0. The standard InChI is InChI=1S/C22H27ClN4OS/c1-5-12-27(13-6-2)20-14-19(23)25-22(26-20)29-15-17-8-10-18(11-9-17)21(28)24-16(4)7-3/h5-6,8-11,14,16H,1-2,7,12-13,15H2,3-4H3,(H,24,28). The third kappa shape index (κ3) is 7.22. The molecule has 0 aliphatic heterocycles. The number of amides is 1. The van der Waals surface area contributed by atoms with E-state index in [1.807, 2.05) is 55.2 Å². The summed E-state index contributed by atoms with van der Waals surface area (Å²) in [6.07, 6.45) is 4.52. The van der Waals surface area contributed by atoms with Gasteiger partial charge >= 0.3 is 0 Å². The number of hydrogen-bond acceptors (Lipinski definition) is 5. The van der Waals surface area contributed by atoms with Gasteiger partial charge in [0.15, 0.2) is 5.16 Å². The van der Waals surface area contributed by atoms with Gasteiger partial charge in [0.2, 0.25) is 0 Å². The third-order valence-corrected chi connectivity index (χ3v) is 5.37. The molecule has 0 spiro atoms. The third-order valence-electron chi connectivity index (χ3n) is 4.26. The number of halogens is 1. The van der Waals surface area contributed by atoms with Gasteiger partial charge in [-0.2, -0.15) is 0 Å². The van der Waals surface area contributed by atoms with Gasteiger partial charge in [-0.3, -0.25) is 4.79 Å². The zero-order chi connectivity index (χ0) is 21.2. The van der Waals surface area contributed by atoms with E-state index < -0.39 is 0 Å². The lowest BCUT2D eigenvalue weighted by molar-refractivity contribution is 0.0939. The van der Waals surface area contributed by atoms with Crippen molar-refractivity contribution in [1.29, 1.82) is 0 Å². The van der Waals surface area contributed by atoms with E-state index in [9.17, 15) is 4.79 Å². The van der Waals surface area contributed by atoms with Crippen molar-refractivity contribution in [3.05, 3.63) is 71.9 Å². The molecule has 0 saturated carbocycles. The molecule has 1 unspecified atom stereocenters. The van der Waals surface area contributed by atoms with E-state index in [-0.39, 0.29) is 11.9 Å². The molecule has 2 aromatic rings. The highest BCUT2D eigenvalue weighted by atomic mass is 35.5. The fourth-order valence-corrected chi connectivity index (χ4v) is 3.53. The minimum atomic E-state index is -0.0501. The monoisotopic (exact) mass is 430 g/mol. The number of carbonyl (C=O) groups excluding carboxylic acids is 1. The van der Waals surface area contributed by atoms with Crippen molar-refractivity contribution in [2.24, 2.45) is 0 Å². The van der Waals surface area contributed by atoms with Crippen LogP contribution in [0.25, 0.3) is 0 Å². The molecule has 7 heteroatoms. The van der Waals surface area contributed by atoms with Crippen molar-refractivity contribution >= 4 is 35.1 Å². The Bertz CT molecular complexity index is 831. The molecule has 0 saturated heterocycles. The number of aromatic nitrogens is 2. The number of hydrogen-bond donors (Lipinski definition) is 1. The predicted molar refractivity (Wildman–Crippen MR) is 123 cm³/mol. The maximum absolute atomic E-state index is 12.2. The van der Waals surface area contributed by atoms with Crippen LogP contribution < -0.4 is 10.2 Å². The van der Waals surface area contributed by atoms with Crippen LogP contribution in [0.5, 0.6) is 0 Å². The van der Waals surface area contributed by atoms with Gasteiger partial charge in [0.1, 0.15) is 11.0 Å². The van der Waals surface area contributed by atoms with Crippen LogP contribution >= 0.6 is 23.4 Å². The van der Waals surface area contributed by atoms with Crippen LogP contribution in [0.1, 0.15) is 36.2 Å². The summed E-state index contributed by atoms with van der Waals surface area (Å²) in [6, 6.07) is 9.48. The number of rotatable bonds is 11. The first kappa shape index (κ1) is 23.0. The van der Waals surface area contributed by atoms with Gasteiger partial charge in [0, 0.05) is 36.5 Å². The zero-order valence-corrected chi connectivity index (χ0v) is 18.5. The molecule has 0 aliphatic rings. The first-order valence-corrected chi connectivity index (χ1v) is 10.9. The van der Waals surface area contributed by atoms with E-state index in [0.717, 1.165) is 17.8 Å². The topological polar surface area (TPSA) is 58.1 Å². The van der Waals surface area contributed by atoms with E-state index in [0.29, 0.717) is 34.7 Å². The summed E-state index contributed by atoms with van der Waals surface area (Å²) in [5.74, 6) is 1.37. The first-order chi connectivity index (χ1) is 14.0. The molecule has 2 rings (SSSR count). The van der Waals surface area contributed by atoms with Gasteiger partial charge in [-0.1, -0.05) is 54.6 Å². The number of anilines is 1. The Balaban J connectivity index is 2.04. The minimum Gasteiger partial charge on any atom is -0.350 e. The Labute approximate surface area is 182 Å². The van der Waals surface area contributed by atoms with Crippen LogP contribution in [0.15, 0.2) is 60.8 Å². The van der Waals surface area contributed by atoms with Crippen LogP contribution in [0.4, 0.5) is 5.82 Å². The van der Waals surface area contributed by atoms with Crippen molar-refractivity contribution in [1.82, 2.24) is 15.3 Å². The molecule has 1 aromatic carbocycles. The van der Waals surface area contributed by atoms with Crippen molar-refractivity contribution < 1.29 is 4.79 Å². The summed E-state index contributed by atoms with van der Waals surface area (Å²) in [5, 5.41) is 3.97. The largest absolute Gasteiger partial charge is 0.350 e. The second-order valence-corrected chi connectivity index (χ2v) is 7.91. The average molecular weight is 431 g/mol. The van der Waals surface area contributed by atoms with Crippen molar-refractivity contribution in [3.63, 3.8) is 0 Å². The SMILES string of the molecule is C=CCN(CC=C)c1cc(Cl)nc(SCc2ccc(C(=O)NC(C)CC)cc2)n1. The Morgan fingerprint density at radius 2 is 1.90 bits per heavy atom. The number of nitrogens with zero attached hydrogens (tertiary/aromatic N) is 3. The number of benzene rings is 1. The lowest BCUT2D eigenvalue weighted by atomic mass is 10.1. The Hall–Kier alpha value is -2.31. The van der Waals surface area contributed by atoms with Gasteiger partial charge in [0.05, 0.1) is 0 Å². The molecule has 29 heavy (non-hydrogen) atoms. The average Bonchev–Trinajstić information content (AvgIpc) is 2.72. The van der Waals surface area contributed by atoms with E-state index in [1.165, 1.54) is 11.8 Å². The lowest BCUT2D eigenvalue weighted by Crippen LogP contribution is -2.31. The molecule has 0 bridgehead atoms. The number of nitrogens with one attached hydrogen (secondary N) is 1. The fraction of sp³-hybridized carbons (Fsp3) is 0.318. The van der Waals surface area contributed by atoms with Crippen LogP contribution in [0.2, 0.25) is 5.15 Å². The van der Waals surface area contributed by atoms with Gasteiger partial charge in [0.25, 0.3) is 5.91 Å². The molecule has 5 nitrogen and oxygen atoms in total. The smallest absolute Gasteiger partial charge is 0.251 e. The summed E-state index contributed by atoms with van der Waals surface area (Å²) in [5.41, 5.74) is 1.74. The van der Waals surface area contributed by atoms with Crippen LogP contribution in [-0.4, -0.2) is 35.0 Å². The van der Waals surface area contributed by atoms with Gasteiger partial charge in [-0.25, -0.2) is 9.97 Å². The van der Waals surface area contributed by atoms with E-state index in [2.05, 4.69) is 28.4 Å². The molecule has 1 N–H and O–H groups in total. The molecule has 0 radical (unpaired) electrons. The molecule has 1 atom stereocenters. The molecule has 1 aromatic heterocycles. The van der Waals surface area contributed by atoms with Crippen molar-refractivity contribution in [2.45, 2.75) is 37.2 Å². The predicted octanol–water partition coefficient (Wildman–Crippen LogP) is 5.13. The quantitative estimate of drug-likeness (QED) is 0.232. The Kier molecular flexibility index (Phi) is 9.22. The normalized spacial score (nSPS) is 11.6. The number of carbonyl (C=O) groups is 1.